The number of rotatable bonds is 11. The number of nitrogens with zero attached hydrogens (tertiary/aromatic N) is 1. The van der Waals surface area contributed by atoms with Crippen molar-refractivity contribution in [3.8, 4) is 5.75 Å². The van der Waals surface area contributed by atoms with Crippen molar-refractivity contribution >= 4 is 35.5 Å². The molecule has 1 amide bonds. The number of hydrogen-bond donors (Lipinski definition) is 3. The Bertz CT molecular complexity index is 1080. The summed E-state index contributed by atoms with van der Waals surface area (Å²) in [6.45, 7) is 5.65. The number of benzene rings is 2. The molecule has 0 saturated heterocycles. The van der Waals surface area contributed by atoms with Gasteiger partial charge in [0.05, 0.1) is 11.4 Å². The molecule has 0 saturated carbocycles. The van der Waals surface area contributed by atoms with E-state index in [-0.39, 0.29) is 22.8 Å². The largest absolute Gasteiger partial charge is 0.456 e. The van der Waals surface area contributed by atoms with E-state index < -0.39 is 11.7 Å². The van der Waals surface area contributed by atoms with E-state index >= 15 is 0 Å². The zero-order chi connectivity index (χ0) is 24.5. The minimum atomic E-state index is -0.847. The van der Waals surface area contributed by atoms with Crippen LogP contribution < -0.4 is 20.5 Å². The molecule has 0 aliphatic heterocycles. The minimum Gasteiger partial charge on any atom is -0.456 e. The summed E-state index contributed by atoms with van der Waals surface area (Å²) in [5, 5.41) is 2.91. The Morgan fingerprint density at radius 3 is 2.52 bits per heavy atom. The topological polar surface area (TPSA) is 96.7 Å². The van der Waals surface area contributed by atoms with Crippen LogP contribution >= 0.6 is 11.9 Å². The van der Waals surface area contributed by atoms with Crippen molar-refractivity contribution in [1.29, 1.82) is 0 Å². The van der Waals surface area contributed by atoms with Crippen molar-refractivity contribution < 1.29 is 18.7 Å². The highest BCUT2D eigenvalue weighted by Gasteiger charge is 2.23. The monoisotopic (exact) mass is 472 g/mol. The van der Waals surface area contributed by atoms with E-state index in [1.807, 2.05) is 19.9 Å². The number of carbonyl (C=O) groups is 2. The first kappa shape index (κ1) is 25.8. The zero-order valence-electron chi connectivity index (χ0n) is 19.4. The van der Waals surface area contributed by atoms with E-state index in [1.54, 1.807) is 50.2 Å². The van der Waals surface area contributed by atoms with Gasteiger partial charge in [-0.3, -0.25) is 9.59 Å². The van der Waals surface area contributed by atoms with Gasteiger partial charge in [0.2, 0.25) is 0 Å². The summed E-state index contributed by atoms with van der Waals surface area (Å²) in [7, 11) is 3.32. The van der Waals surface area contributed by atoms with Crippen LogP contribution in [0.5, 0.6) is 5.75 Å². The minimum absolute atomic E-state index is 0.0652. The number of hydrogen-bond acceptors (Lipinski definition) is 7. The number of carbonyl (C=O) groups excluding carboxylic acids is 2. The molecule has 33 heavy (non-hydrogen) atoms. The summed E-state index contributed by atoms with van der Waals surface area (Å²) >= 11 is 1.52. The lowest BCUT2D eigenvalue weighted by atomic mass is 10.1. The van der Waals surface area contributed by atoms with Crippen LogP contribution in [0, 0.1) is 19.7 Å². The van der Waals surface area contributed by atoms with E-state index in [2.05, 4.69) is 10.0 Å². The van der Waals surface area contributed by atoms with Crippen LogP contribution in [-0.4, -0.2) is 36.9 Å². The van der Waals surface area contributed by atoms with Crippen molar-refractivity contribution in [3.05, 3.63) is 76.6 Å². The lowest BCUT2D eigenvalue weighted by molar-refractivity contribution is -0.114. The van der Waals surface area contributed by atoms with Crippen LogP contribution in [-0.2, 0) is 9.59 Å². The third kappa shape index (κ3) is 6.76. The maximum atomic E-state index is 14.5. The molecule has 0 heterocycles. The van der Waals surface area contributed by atoms with Gasteiger partial charge in [-0.2, -0.15) is 0 Å². The Morgan fingerprint density at radius 1 is 1.21 bits per heavy atom. The number of halogens is 1. The average molecular weight is 473 g/mol. The second kappa shape index (κ2) is 12.0. The molecule has 2 aromatic rings. The molecule has 0 fully saturated rings. The normalized spacial score (nSPS) is 12.0. The second-order valence-corrected chi connectivity index (χ2v) is 8.39. The molecule has 0 atom stereocenters. The van der Waals surface area contributed by atoms with E-state index in [0.717, 1.165) is 28.6 Å². The van der Waals surface area contributed by atoms with E-state index in [4.69, 9.17) is 10.5 Å². The molecular formula is C24H29FN4O3S. The number of nitrogens with two attached hydrogens (primary N) is 1. The summed E-state index contributed by atoms with van der Waals surface area (Å²) in [5.41, 5.74) is 8.11. The predicted molar refractivity (Wildman–Crippen MR) is 132 cm³/mol. The van der Waals surface area contributed by atoms with Crippen molar-refractivity contribution in [2.24, 2.45) is 5.73 Å². The first-order valence-corrected chi connectivity index (χ1v) is 11.2. The Kier molecular flexibility index (Phi) is 9.35. The highest BCUT2D eigenvalue weighted by molar-refractivity contribution is 8.00. The Labute approximate surface area is 198 Å². The summed E-state index contributed by atoms with van der Waals surface area (Å²) in [4.78, 5) is 25.5. The van der Waals surface area contributed by atoms with Crippen LogP contribution in [0.15, 0.2) is 59.6 Å². The number of primary amides is 1. The second-order valence-electron chi connectivity index (χ2n) is 7.32. The van der Waals surface area contributed by atoms with Gasteiger partial charge in [0.15, 0.2) is 0 Å². The van der Waals surface area contributed by atoms with Gasteiger partial charge in [-0.05, 0) is 43.7 Å². The van der Waals surface area contributed by atoms with Gasteiger partial charge < -0.3 is 25.4 Å². The fourth-order valence-corrected chi connectivity index (χ4v) is 3.46. The summed E-state index contributed by atoms with van der Waals surface area (Å²) in [5.74, 6) is 0.0611. The molecule has 0 aromatic heterocycles. The molecule has 0 aliphatic rings. The molecule has 2 aromatic carbocycles. The lowest BCUT2D eigenvalue weighted by Gasteiger charge is -2.24. The molecule has 176 valence electrons. The predicted octanol–water partition coefficient (Wildman–Crippen LogP) is 4.35. The average Bonchev–Trinajstić information content (AvgIpc) is 2.75. The van der Waals surface area contributed by atoms with Crippen LogP contribution in [0.25, 0.3) is 0 Å². The van der Waals surface area contributed by atoms with Gasteiger partial charge in [-0.1, -0.05) is 31.0 Å². The van der Waals surface area contributed by atoms with Crippen LogP contribution in [0.1, 0.15) is 18.1 Å². The standard InChI is InChI=1S/C24H29FN4O3S/c1-6-33-28-18-8-7-9-20(16(18)3)32-21(12-13-30)22(23(26)31)24(29(4)5)27-19-11-10-15(2)14-17(19)25/h7-14,27-28H,6H2,1-5H3,(H2,26,31)/b21-12+,24-22+. The number of ether oxygens (including phenoxy) is 1. The third-order valence-electron chi connectivity index (χ3n) is 4.60. The van der Waals surface area contributed by atoms with Crippen LogP contribution in [0.4, 0.5) is 15.8 Å². The van der Waals surface area contributed by atoms with E-state index in [1.165, 1.54) is 18.0 Å². The number of amides is 1. The van der Waals surface area contributed by atoms with E-state index in [9.17, 15) is 14.0 Å². The molecule has 9 heteroatoms. The maximum Gasteiger partial charge on any atom is 0.256 e. The SMILES string of the molecule is CCSNc1cccc(OC(=C/C=O)/C(C(N)=O)=C(/Nc2ccc(C)cc2F)N(C)C)c1C. The molecule has 7 nitrogen and oxygen atoms in total. The first-order chi connectivity index (χ1) is 15.7. The van der Waals surface area contributed by atoms with Gasteiger partial charge in [-0.25, -0.2) is 4.39 Å². The van der Waals surface area contributed by atoms with Crippen LogP contribution in [0.2, 0.25) is 0 Å². The van der Waals surface area contributed by atoms with Gasteiger partial charge in [0.1, 0.15) is 35.0 Å². The summed E-state index contributed by atoms with van der Waals surface area (Å²) in [6.07, 6.45) is 1.61. The molecular weight excluding hydrogens is 443 g/mol. The van der Waals surface area contributed by atoms with E-state index in [0.29, 0.717) is 12.0 Å². The Hall–Kier alpha value is -3.46. The Balaban J connectivity index is 2.57. The van der Waals surface area contributed by atoms with Crippen LogP contribution in [0.3, 0.4) is 0 Å². The molecule has 4 N–H and O–H groups in total. The molecule has 0 radical (unpaired) electrons. The number of anilines is 2. The number of aryl methyl sites for hydroxylation is 1. The maximum absolute atomic E-state index is 14.5. The van der Waals surface area contributed by atoms with Gasteiger partial charge >= 0.3 is 0 Å². The summed E-state index contributed by atoms with van der Waals surface area (Å²) < 4.78 is 23.7. The lowest BCUT2D eigenvalue weighted by Crippen LogP contribution is -2.29. The van der Waals surface area contributed by atoms with Crippen molar-refractivity contribution in [2.75, 3.05) is 29.9 Å². The highest BCUT2D eigenvalue weighted by atomic mass is 32.2. The molecule has 0 spiro atoms. The molecule has 0 bridgehead atoms. The zero-order valence-corrected chi connectivity index (χ0v) is 20.2. The Morgan fingerprint density at radius 2 is 1.94 bits per heavy atom. The number of aldehydes is 1. The first-order valence-electron chi connectivity index (χ1n) is 10.2. The van der Waals surface area contributed by atoms with Crippen molar-refractivity contribution in [3.63, 3.8) is 0 Å². The fraction of sp³-hybridized carbons (Fsp3) is 0.250. The summed E-state index contributed by atoms with van der Waals surface area (Å²) in [6, 6.07) is 10.1. The number of allylic oxidation sites excluding steroid dienone is 1. The van der Waals surface area contributed by atoms with Gasteiger partial charge in [0.25, 0.3) is 5.91 Å². The van der Waals surface area contributed by atoms with Crippen molar-refractivity contribution in [2.45, 2.75) is 20.8 Å². The molecule has 0 unspecified atom stereocenters. The highest BCUT2D eigenvalue weighted by Crippen LogP contribution is 2.31. The number of nitrogens with one attached hydrogen (secondary N) is 2. The third-order valence-corrected chi connectivity index (χ3v) is 5.26. The van der Waals surface area contributed by atoms with Gasteiger partial charge in [0, 0.05) is 31.5 Å². The molecule has 2 rings (SSSR count). The van der Waals surface area contributed by atoms with Gasteiger partial charge in [-0.15, -0.1) is 0 Å². The molecule has 0 aliphatic carbocycles. The fourth-order valence-electron chi connectivity index (χ4n) is 2.94. The smallest absolute Gasteiger partial charge is 0.256 e. The quantitative estimate of drug-likeness (QED) is 0.147. The van der Waals surface area contributed by atoms with Crippen molar-refractivity contribution in [1.82, 2.24) is 4.90 Å².